The van der Waals surface area contributed by atoms with Crippen LogP contribution in [0.3, 0.4) is 0 Å². The van der Waals surface area contributed by atoms with Crippen molar-refractivity contribution >= 4 is 5.78 Å². The normalized spacial score (nSPS) is 10.0. The number of methoxy groups -OCH3 is 1. The van der Waals surface area contributed by atoms with Gasteiger partial charge in [0.25, 0.3) is 0 Å². The molecular weight excluding hydrogens is 225 g/mol. The zero-order valence-corrected chi connectivity index (χ0v) is 8.92. The van der Waals surface area contributed by atoms with E-state index in [1.54, 1.807) is 0 Å². The summed E-state index contributed by atoms with van der Waals surface area (Å²) in [5.74, 6) is -0.970. The third-order valence-corrected chi connectivity index (χ3v) is 2.04. The summed E-state index contributed by atoms with van der Waals surface area (Å²) in [6.07, 6.45) is 5.05. The molecule has 6 heteroatoms. The topological polar surface area (TPSA) is 65.0 Å². The third kappa shape index (κ3) is 2.25. The van der Waals surface area contributed by atoms with Crippen LogP contribution in [0.5, 0.6) is 5.88 Å². The highest BCUT2D eigenvalue weighted by Gasteiger charge is 2.17. The Balaban J connectivity index is 2.44. The van der Waals surface area contributed by atoms with Crippen molar-refractivity contribution in [2.45, 2.75) is 0 Å². The maximum absolute atomic E-state index is 12.9. The van der Waals surface area contributed by atoms with Crippen molar-refractivity contribution in [1.82, 2.24) is 15.0 Å². The van der Waals surface area contributed by atoms with E-state index >= 15 is 0 Å². The summed E-state index contributed by atoms with van der Waals surface area (Å²) in [4.78, 5) is 23.3. The fourth-order valence-corrected chi connectivity index (χ4v) is 1.30. The Morgan fingerprint density at radius 2 is 2.06 bits per heavy atom. The molecule has 0 amide bonds. The Labute approximate surface area is 96.3 Å². The highest BCUT2D eigenvalue weighted by atomic mass is 19.1. The van der Waals surface area contributed by atoms with Crippen molar-refractivity contribution in [2.24, 2.45) is 0 Å². The zero-order chi connectivity index (χ0) is 12.3. The lowest BCUT2D eigenvalue weighted by molar-refractivity contribution is 0.102. The summed E-state index contributed by atoms with van der Waals surface area (Å²) >= 11 is 0. The van der Waals surface area contributed by atoms with Gasteiger partial charge in [-0.1, -0.05) is 0 Å². The van der Waals surface area contributed by atoms with Crippen LogP contribution < -0.4 is 4.74 Å². The second kappa shape index (κ2) is 4.65. The first-order chi connectivity index (χ1) is 8.22. The molecule has 86 valence electrons. The maximum Gasteiger partial charge on any atom is 0.243 e. The van der Waals surface area contributed by atoms with E-state index in [2.05, 4.69) is 15.0 Å². The summed E-state index contributed by atoms with van der Waals surface area (Å²) in [5, 5.41) is 0. The van der Waals surface area contributed by atoms with Gasteiger partial charge in [-0.15, -0.1) is 0 Å². The highest BCUT2D eigenvalue weighted by Crippen LogP contribution is 2.15. The lowest BCUT2D eigenvalue weighted by Crippen LogP contribution is -2.08. The van der Waals surface area contributed by atoms with Crippen LogP contribution in [0.4, 0.5) is 4.39 Å². The van der Waals surface area contributed by atoms with Gasteiger partial charge in [0.05, 0.1) is 13.3 Å². The van der Waals surface area contributed by atoms with Crippen LogP contribution in [0.1, 0.15) is 16.1 Å². The van der Waals surface area contributed by atoms with Gasteiger partial charge in [-0.25, -0.2) is 14.4 Å². The van der Waals surface area contributed by atoms with Crippen LogP contribution in [0.25, 0.3) is 0 Å². The largest absolute Gasteiger partial charge is 0.479 e. The molecule has 0 fully saturated rings. The first kappa shape index (κ1) is 11.1. The van der Waals surface area contributed by atoms with Crippen molar-refractivity contribution in [1.29, 1.82) is 0 Å². The van der Waals surface area contributed by atoms with Crippen molar-refractivity contribution in [2.75, 3.05) is 7.11 Å². The molecule has 0 atom stereocenters. The maximum atomic E-state index is 12.9. The molecule has 0 spiro atoms. The molecule has 0 aliphatic carbocycles. The van der Waals surface area contributed by atoms with Crippen molar-refractivity contribution in [3.05, 3.63) is 47.9 Å². The van der Waals surface area contributed by atoms with Gasteiger partial charge in [0.15, 0.2) is 5.69 Å². The molecule has 0 unspecified atom stereocenters. The molecule has 0 saturated heterocycles. The Morgan fingerprint density at radius 3 is 2.76 bits per heavy atom. The number of pyridine rings is 1. The van der Waals surface area contributed by atoms with E-state index in [0.29, 0.717) is 0 Å². The van der Waals surface area contributed by atoms with Gasteiger partial charge in [-0.3, -0.25) is 9.78 Å². The fraction of sp³-hybridized carbons (Fsp3) is 0.0909. The summed E-state index contributed by atoms with van der Waals surface area (Å²) in [7, 11) is 1.38. The number of hydrogen-bond donors (Lipinski definition) is 0. The van der Waals surface area contributed by atoms with Crippen molar-refractivity contribution in [3.8, 4) is 5.88 Å². The second-order valence-electron chi connectivity index (χ2n) is 3.14. The van der Waals surface area contributed by atoms with Crippen LogP contribution >= 0.6 is 0 Å². The summed E-state index contributed by atoms with van der Waals surface area (Å²) < 4.78 is 17.9. The zero-order valence-electron chi connectivity index (χ0n) is 8.92. The van der Waals surface area contributed by atoms with Crippen LogP contribution in [0.2, 0.25) is 0 Å². The average Bonchev–Trinajstić information content (AvgIpc) is 2.38. The monoisotopic (exact) mass is 233 g/mol. The number of ketones is 1. The minimum atomic E-state index is -0.585. The summed E-state index contributed by atoms with van der Waals surface area (Å²) in [5.41, 5.74) is 0.131. The molecule has 0 aromatic carbocycles. The molecule has 0 N–H and O–H groups in total. The van der Waals surface area contributed by atoms with Gasteiger partial charge in [-0.2, -0.15) is 0 Å². The Morgan fingerprint density at radius 1 is 1.29 bits per heavy atom. The van der Waals surface area contributed by atoms with Crippen LogP contribution in [0.15, 0.2) is 30.9 Å². The Bertz CT molecular complexity index is 560. The van der Waals surface area contributed by atoms with Gasteiger partial charge in [-0.05, 0) is 6.07 Å². The van der Waals surface area contributed by atoms with E-state index in [1.165, 1.54) is 25.7 Å². The number of carbonyl (C=O) groups excluding carboxylic acids is 1. The Hall–Kier alpha value is -2.37. The summed E-state index contributed by atoms with van der Waals surface area (Å²) in [6.45, 7) is 0. The van der Waals surface area contributed by atoms with Gasteiger partial charge in [0, 0.05) is 24.2 Å². The molecule has 0 radical (unpaired) electrons. The predicted octanol–water partition coefficient (Wildman–Crippen LogP) is 1.25. The number of aromatic nitrogens is 3. The second-order valence-corrected chi connectivity index (χ2v) is 3.14. The summed E-state index contributed by atoms with van der Waals surface area (Å²) in [6, 6.07) is 1.09. The SMILES string of the molecule is COc1nccnc1C(=O)c1cncc(F)c1. The number of carbonyl (C=O) groups is 1. The molecule has 0 saturated carbocycles. The number of halogens is 1. The van der Waals surface area contributed by atoms with Crippen LogP contribution in [0, 0.1) is 5.82 Å². The lowest BCUT2D eigenvalue weighted by Gasteiger charge is -2.04. The molecule has 2 aromatic rings. The Kier molecular flexibility index (Phi) is 3.04. The molecular formula is C11H8FN3O2. The van der Waals surface area contributed by atoms with Gasteiger partial charge in [0.1, 0.15) is 5.82 Å². The smallest absolute Gasteiger partial charge is 0.243 e. The van der Waals surface area contributed by atoms with E-state index in [4.69, 9.17) is 4.74 Å². The fourth-order valence-electron chi connectivity index (χ4n) is 1.30. The molecule has 2 aromatic heterocycles. The first-order valence-corrected chi connectivity index (χ1v) is 4.72. The molecule has 0 bridgehead atoms. The first-order valence-electron chi connectivity index (χ1n) is 4.72. The van der Waals surface area contributed by atoms with E-state index in [1.807, 2.05) is 0 Å². The molecule has 2 rings (SSSR count). The molecule has 5 nitrogen and oxygen atoms in total. The van der Waals surface area contributed by atoms with E-state index in [9.17, 15) is 9.18 Å². The van der Waals surface area contributed by atoms with E-state index < -0.39 is 11.6 Å². The molecule has 2 heterocycles. The lowest BCUT2D eigenvalue weighted by atomic mass is 10.1. The minimum Gasteiger partial charge on any atom is -0.479 e. The van der Waals surface area contributed by atoms with Crippen LogP contribution in [-0.2, 0) is 0 Å². The van der Waals surface area contributed by atoms with Crippen molar-refractivity contribution < 1.29 is 13.9 Å². The molecule has 0 aliphatic heterocycles. The third-order valence-electron chi connectivity index (χ3n) is 2.04. The number of rotatable bonds is 3. The van der Waals surface area contributed by atoms with Crippen LogP contribution in [-0.4, -0.2) is 27.8 Å². The van der Waals surface area contributed by atoms with E-state index in [0.717, 1.165) is 12.3 Å². The quantitative estimate of drug-likeness (QED) is 0.746. The highest BCUT2D eigenvalue weighted by molar-refractivity contribution is 6.08. The molecule has 0 aliphatic rings. The number of nitrogens with zero attached hydrogens (tertiary/aromatic N) is 3. The van der Waals surface area contributed by atoms with Gasteiger partial charge >= 0.3 is 0 Å². The number of ether oxygens (including phenoxy) is 1. The molecule has 17 heavy (non-hydrogen) atoms. The van der Waals surface area contributed by atoms with Gasteiger partial charge in [0.2, 0.25) is 11.7 Å². The minimum absolute atomic E-state index is 0.0300. The van der Waals surface area contributed by atoms with E-state index in [-0.39, 0.29) is 17.1 Å². The number of hydrogen-bond acceptors (Lipinski definition) is 5. The van der Waals surface area contributed by atoms with Crippen molar-refractivity contribution in [3.63, 3.8) is 0 Å². The standard InChI is InChI=1S/C11H8FN3O2/c1-17-11-9(14-2-3-15-11)10(16)7-4-8(12)6-13-5-7/h2-6H,1H3. The predicted molar refractivity (Wildman–Crippen MR) is 56.2 cm³/mol. The van der Waals surface area contributed by atoms with Gasteiger partial charge < -0.3 is 4.74 Å². The average molecular weight is 233 g/mol.